The molecular formula is C5H5NOS. The maximum Gasteiger partial charge on any atom is 0.206 e. The highest BCUT2D eigenvalue weighted by molar-refractivity contribution is 7.96. The molecule has 0 heterocycles. The van der Waals surface area contributed by atoms with Gasteiger partial charge in [0.15, 0.2) is 0 Å². The Bertz CT molecular complexity index is 166. The highest BCUT2D eigenvalue weighted by Crippen LogP contribution is 2.46. The van der Waals surface area contributed by atoms with E-state index in [9.17, 15) is 4.79 Å². The molecule has 0 unspecified atom stereocenters. The van der Waals surface area contributed by atoms with E-state index in [4.69, 9.17) is 5.26 Å². The van der Waals surface area contributed by atoms with Crippen molar-refractivity contribution in [2.45, 2.75) is 12.8 Å². The van der Waals surface area contributed by atoms with E-state index in [1.54, 1.807) is 0 Å². The van der Waals surface area contributed by atoms with Crippen LogP contribution in [-0.4, -0.2) is 5.12 Å². The Labute approximate surface area is 52.9 Å². The van der Waals surface area contributed by atoms with E-state index < -0.39 is 5.41 Å². The number of nitriles is 1. The lowest BCUT2D eigenvalue weighted by Gasteiger charge is -1.91. The Kier molecular flexibility index (Phi) is 1.05. The summed E-state index contributed by atoms with van der Waals surface area (Å²) < 4.78 is 0. The molecule has 1 rings (SSSR count). The lowest BCUT2D eigenvalue weighted by molar-refractivity contribution is -0.113. The van der Waals surface area contributed by atoms with Gasteiger partial charge in [-0.05, 0) is 12.8 Å². The fourth-order valence-corrected chi connectivity index (χ4v) is 0.772. The fraction of sp³-hybridized carbons (Fsp3) is 0.600. The van der Waals surface area contributed by atoms with Gasteiger partial charge in [-0.2, -0.15) is 5.26 Å². The molecule has 3 heteroatoms. The summed E-state index contributed by atoms with van der Waals surface area (Å²) in [6.45, 7) is 0. The first-order valence-corrected chi connectivity index (χ1v) is 2.81. The zero-order valence-electron chi connectivity index (χ0n) is 4.22. The van der Waals surface area contributed by atoms with Gasteiger partial charge in [0.1, 0.15) is 5.41 Å². The maximum absolute atomic E-state index is 10.4. The predicted molar refractivity (Wildman–Crippen MR) is 31.3 cm³/mol. The van der Waals surface area contributed by atoms with Crippen molar-refractivity contribution >= 4 is 17.7 Å². The summed E-state index contributed by atoms with van der Waals surface area (Å²) in [6, 6.07) is 1.93. The molecule has 0 aromatic rings. The first-order chi connectivity index (χ1) is 3.71. The molecule has 0 aromatic carbocycles. The Morgan fingerprint density at radius 3 is 2.25 bits per heavy atom. The van der Waals surface area contributed by atoms with Crippen molar-refractivity contribution in [3.63, 3.8) is 0 Å². The first kappa shape index (κ1) is 5.64. The summed E-state index contributed by atoms with van der Waals surface area (Å²) in [4.78, 5) is 10.4. The molecule has 1 saturated carbocycles. The van der Waals surface area contributed by atoms with Crippen LogP contribution < -0.4 is 0 Å². The van der Waals surface area contributed by atoms with Crippen molar-refractivity contribution in [3.8, 4) is 6.07 Å². The topological polar surface area (TPSA) is 40.9 Å². The van der Waals surface area contributed by atoms with Crippen molar-refractivity contribution in [3.05, 3.63) is 0 Å². The summed E-state index contributed by atoms with van der Waals surface area (Å²) in [7, 11) is 0. The summed E-state index contributed by atoms with van der Waals surface area (Å²) in [5.74, 6) is 0. The number of thiol groups is 1. The lowest BCUT2D eigenvalue weighted by Crippen LogP contribution is -2.04. The molecule has 1 aliphatic carbocycles. The molecule has 0 aromatic heterocycles. The van der Waals surface area contributed by atoms with Gasteiger partial charge < -0.3 is 0 Å². The van der Waals surface area contributed by atoms with Crippen molar-refractivity contribution in [1.29, 1.82) is 5.26 Å². The summed E-state index contributed by atoms with van der Waals surface area (Å²) in [5, 5.41) is 8.03. The van der Waals surface area contributed by atoms with Crippen molar-refractivity contribution in [2.75, 3.05) is 0 Å². The standard InChI is InChI=1S/C5H5NOS/c6-3-5(1-2-5)4(7)8/h1-2H2,(H,7,8). The molecule has 8 heavy (non-hydrogen) atoms. The molecule has 0 radical (unpaired) electrons. The van der Waals surface area contributed by atoms with E-state index in [1.807, 2.05) is 6.07 Å². The highest BCUT2D eigenvalue weighted by atomic mass is 32.1. The van der Waals surface area contributed by atoms with E-state index >= 15 is 0 Å². The normalized spacial score (nSPS) is 21.5. The molecule has 1 fully saturated rings. The number of carbonyl (C=O) groups excluding carboxylic acids is 1. The lowest BCUT2D eigenvalue weighted by atomic mass is 10.2. The predicted octanol–water partition coefficient (Wildman–Crippen LogP) is 0.747. The number of nitrogens with zero attached hydrogens (tertiary/aromatic N) is 1. The van der Waals surface area contributed by atoms with Gasteiger partial charge in [0.2, 0.25) is 5.12 Å². The third-order valence-corrected chi connectivity index (χ3v) is 1.80. The number of hydrogen-bond donors (Lipinski definition) is 1. The minimum Gasteiger partial charge on any atom is -0.286 e. The van der Waals surface area contributed by atoms with Gasteiger partial charge in [0, 0.05) is 0 Å². The summed E-state index contributed by atoms with van der Waals surface area (Å²) in [6.07, 6.45) is 1.40. The van der Waals surface area contributed by atoms with E-state index in [0.717, 1.165) is 0 Å². The highest BCUT2D eigenvalue weighted by Gasteiger charge is 2.48. The fourth-order valence-electron chi connectivity index (χ4n) is 0.498. The third kappa shape index (κ3) is 0.614. The van der Waals surface area contributed by atoms with Crippen LogP contribution in [0.5, 0.6) is 0 Å². The van der Waals surface area contributed by atoms with E-state index in [2.05, 4.69) is 12.6 Å². The van der Waals surface area contributed by atoms with Crippen LogP contribution in [0, 0.1) is 16.7 Å². The molecule has 0 N–H and O–H groups in total. The summed E-state index contributed by atoms with van der Waals surface area (Å²) >= 11 is 3.56. The van der Waals surface area contributed by atoms with E-state index in [-0.39, 0.29) is 5.12 Å². The number of hydrogen-bond acceptors (Lipinski definition) is 2. The Morgan fingerprint density at radius 2 is 2.25 bits per heavy atom. The molecule has 0 amide bonds. The minimum atomic E-state index is -0.677. The monoisotopic (exact) mass is 127 g/mol. The van der Waals surface area contributed by atoms with Gasteiger partial charge in [-0.3, -0.25) is 4.79 Å². The zero-order valence-corrected chi connectivity index (χ0v) is 5.11. The van der Waals surface area contributed by atoms with Crippen molar-refractivity contribution in [1.82, 2.24) is 0 Å². The van der Waals surface area contributed by atoms with Crippen LogP contribution in [0.25, 0.3) is 0 Å². The zero-order chi connectivity index (χ0) is 6.20. The van der Waals surface area contributed by atoms with Crippen LogP contribution in [0.4, 0.5) is 0 Å². The van der Waals surface area contributed by atoms with Crippen molar-refractivity contribution in [2.24, 2.45) is 5.41 Å². The molecule has 0 spiro atoms. The SMILES string of the molecule is N#CC1(C(=O)S)CC1. The van der Waals surface area contributed by atoms with Gasteiger partial charge in [0.05, 0.1) is 6.07 Å². The second kappa shape index (κ2) is 1.49. The minimum absolute atomic E-state index is 0.278. The van der Waals surface area contributed by atoms with E-state index in [0.29, 0.717) is 12.8 Å². The molecule has 1 aliphatic rings. The summed E-state index contributed by atoms with van der Waals surface area (Å²) in [5.41, 5.74) is -0.677. The quantitative estimate of drug-likeness (QED) is 0.528. The average molecular weight is 127 g/mol. The van der Waals surface area contributed by atoms with Gasteiger partial charge in [-0.25, -0.2) is 0 Å². The molecule has 0 aliphatic heterocycles. The molecule has 2 nitrogen and oxygen atoms in total. The van der Waals surface area contributed by atoms with Crippen LogP contribution in [0.2, 0.25) is 0 Å². The van der Waals surface area contributed by atoms with Crippen LogP contribution in [-0.2, 0) is 4.79 Å². The van der Waals surface area contributed by atoms with Crippen LogP contribution >= 0.6 is 12.6 Å². The van der Waals surface area contributed by atoms with Gasteiger partial charge in [0.25, 0.3) is 0 Å². The average Bonchev–Trinajstić information content (AvgIpc) is 2.44. The van der Waals surface area contributed by atoms with E-state index in [1.165, 1.54) is 0 Å². The first-order valence-electron chi connectivity index (χ1n) is 2.36. The molecule has 0 saturated heterocycles. The molecule has 0 atom stereocenters. The van der Waals surface area contributed by atoms with Gasteiger partial charge in [-0.15, -0.1) is 12.6 Å². The second-order valence-corrected chi connectivity index (χ2v) is 2.41. The van der Waals surface area contributed by atoms with Crippen molar-refractivity contribution < 1.29 is 4.79 Å². The Hall–Kier alpha value is -0.490. The second-order valence-electron chi connectivity index (χ2n) is 2.00. The maximum atomic E-state index is 10.4. The number of rotatable bonds is 1. The van der Waals surface area contributed by atoms with Gasteiger partial charge in [-0.1, -0.05) is 0 Å². The molecule has 0 bridgehead atoms. The van der Waals surface area contributed by atoms with Crippen LogP contribution in [0.1, 0.15) is 12.8 Å². The molecular weight excluding hydrogens is 122 g/mol. The number of carbonyl (C=O) groups is 1. The Balaban J connectivity index is 2.71. The smallest absolute Gasteiger partial charge is 0.206 e. The van der Waals surface area contributed by atoms with Crippen LogP contribution in [0.3, 0.4) is 0 Å². The largest absolute Gasteiger partial charge is 0.286 e. The molecule has 42 valence electrons. The van der Waals surface area contributed by atoms with Gasteiger partial charge >= 0.3 is 0 Å². The Morgan fingerprint density at radius 1 is 1.75 bits per heavy atom. The third-order valence-electron chi connectivity index (χ3n) is 1.37. The van der Waals surface area contributed by atoms with Crippen LogP contribution in [0.15, 0.2) is 0 Å².